The Hall–Kier alpha value is -2.43. The maximum Gasteiger partial charge on any atom is 0.339 e. The van der Waals surface area contributed by atoms with Crippen molar-refractivity contribution in [3.63, 3.8) is 0 Å². The number of pyridine rings is 1. The lowest BCUT2D eigenvalue weighted by molar-refractivity contribution is -0.135. The van der Waals surface area contributed by atoms with E-state index in [1.165, 1.54) is 0 Å². The van der Waals surface area contributed by atoms with Crippen LogP contribution in [0.4, 0.5) is 0 Å². The zero-order valence-corrected chi connectivity index (χ0v) is 14.2. The number of benzene rings is 1. The number of carbonyl (C=O) groups is 2. The Morgan fingerprint density at radius 3 is 2.64 bits per heavy atom. The number of aromatic nitrogens is 1. The molecular weight excluding hydrogens is 316 g/mol. The predicted molar refractivity (Wildman–Crippen MR) is 94.4 cm³/mol. The second-order valence-corrected chi connectivity index (χ2v) is 6.90. The maximum atomic E-state index is 12.6. The fourth-order valence-electron chi connectivity index (χ4n) is 3.39. The smallest absolute Gasteiger partial charge is 0.339 e. The average Bonchev–Trinajstić information content (AvgIpc) is 3.51. The minimum absolute atomic E-state index is 0.103. The Bertz CT molecular complexity index is 808. The Kier molecular flexibility index (Phi) is 4.38. The Morgan fingerprint density at radius 1 is 1.12 bits per heavy atom. The highest BCUT2D eigenvalue weighted by Gasteiger charge is 2.27. The van der Waals surface area contributed by atoms with Gasteiger partial charge in [-0.25, -0.2) is 4.79 Å². The molecule has 2 fully saturated rings. The number of hydrogen-bond donors (Lipinski definition) is 0. The van der Waals surface area contributed by atoms with Crippen LogP contribution in [0.3, 0.4) is 0 Å². The standard InChI is InChI=1S/C20H22N2O3/c23-19(22-10-4-1-5-11-22)13-25-20(24)16-12-18(14-8-9-14)21-17-7-3-2-6-15(16)17/h2-3,6-7,12,14H,1,4-5,8-11,13H2. The zero-order valence-electron chi connectivity index (χ0n) is 14.2. The number of ether oxygens (including phenoxy) is 1. The molecule has 2 heterocycles. The van der Waals surface area contributed by atoms with Crippen LogP contribution in [0.5, 0.6) is 0 Å². The summed E-state index contributed by atoms with van der Waals surface area (Å²) in [7, 11) is 0. The van der Waals surface area contributed by atoms with Gasteiger partial charge in [-0.3, -0.25) is 9.78 Å². The van der Waals surface area contributed by atoms with Crippen LogP contribution in [0.15, 0.2) is 30.3 Å². The van der Waals surface area contributed by atoms with Gasteiger partial charge in [0.15, 0.2) is 6.61 Å². The molecule has 0 atom stereocenters. The number of esters is 1. The molecule has 1 saturated heterocycles. The SMILES string of the molecule is O=C(OCC(=O)N1CCCCC1)c1cc(C2CC2)nc2ccccc12. The molecule has 0 bridgehead atoms. The molecule has 5 heteroatoms. The molecular formula is C20H22N2O3. The molecule has 1 amide bonds. The van der Waals surface area contributed by atoms with E-state index in [0.717, 1.165) is 61.8 Å². The van der Waals surface area contributed by atoms with Gasteiger partial charge in [-0.1, -0.05) is 18.2 Å². The molecule has 1 aliphatic heterocycles. The highest BCUT2D eigenvalue weighted by molar-refractivity contribution is 6.04. The van der Waals surface area contributed by atoms with E-state index in [0.29, 0.717) is 11.5 Å². The van der Waals surface area contributed by atoms with E-state index in [2.05, 4.69) is 4.98 Å². The molecule has 25 heavy (non-hydrogen) atoms. The predicted octanol–water partition coefficient (Wildman–Crippen LogP) is 3.28. The molecule has 130 valence electrons. The monoisotopic (exact) mass is 338 g/mol. The van der Waals surface area contributed by atoms with Crippen molar-refractivity contribution in [2.75, 3.05) is 19.7 Å². The number of nitrogens with zero attached hydrogens (tertiary/aromatic N) is 2. The summed E-state index contributed by atoms with van der Waals surface area (Å²) in [6.45, 7) is 1.34. The summed E-state index contributed by atoms with van der Waals surface area (Å²) >= 11 is 0. The van der Waals surface area contributed by atoms with E-state index in [1.807, 2.05) is 30.3 Å². The molecule has 0 radical (unpaired) electrons. The van der Waals surface area contributed by atoms with Gasteiger partial charge in [-0.05, 0) is 44.2 Å². The van der Waals surface area contributed by atoms with E-state index in [9.17, 15) is 9.59 Å². The second-order valence-electron chi connectivity index (χ2n) is 6.90. The van der Waals surface area contributed by atoms with Crippen molar-refractivity contribution in [2.24, 2.45) is 0 Å². The first kappa shape index (κ1) is 16.1. The molecule has 2 aromatic rings. The lowest BCUT2D eigenvalue weighted by Crippen LogP contribution is -2.38. The third-order valence-corrected chi connectivity index (χ3v) is 4.99. The zero-order chi connectivity index (χ0) is 17.2. The lowest BCUT2D eigenvalue weighted by Gasteiger charge is -2.26. The summed E-state index contributed by atoms with van der Waals surface area (Å²) in [5.41, 5.74) is 2.27. The van der Waals surface area contributed by atoms with Gasteiger partial charge < -0.3 is 9.64 Å². The van der Waals surface area contributed by atoms with E-state index >= 15 is 0 Å². The Balaban J connectivity index is 1.52. The number of likely N-dealkylation sites (tertiary alicyclic amines) is 1. The lowest BCUT2D eigenvalue weighted by atomic mass is 10.1. The third-order valence-electron chi connectivity index (χ3n) is 4.99. The van der Waals surface area contributed by atoms with Gasteiger partial charge in [-0.15, -0.1) is 0 Å². The average molecular weight is 338 g/mol. The van der Waals surface area contributed by atoms with Gasteiger partial charge in [0.2, 0.25) is 0 Å². The van der Waals surface area contributed by atoms with Crippen LogP contribution in [0.1, 0.15) is 54.1 Å². The van der Waals surface area contributed by atoms with Gasteiger partial charge in [-0.2, -0.15) is 0 Å². The number of piperidine rings is 1. The molecule has 1 aromatic carbocycles. The summed E-state index contributed by atoms with van der Waals surface area (Å²) in [4.78, 5) is 31.3. The molecule has 0 N–H and O–H groups in total. The van der Waals surface area contributed by atoms with Crippen LogP contribution in [-0.4, -0.2) is 41.5 Å². The van der Waals surface area contributed by atoms with Gasteiger partial charge in [0, 0.05) is 30.1 Å². The van der Waals surface area contributed by atoms with Crippen LogP contribution in [0, 0.1) is 0 Å². The summed E-state index contributed by atoms with van der Waals surface area (Å²) in [5.74, 6) is -0.0918. The molecule has 5 nitrogen and oxygen atoms in total. The van der Waals surface area contributed by atoms with E-state index < -0.39 is 5.97 Å². The van der Waals surface area contributed by atoms with Crippen molar-refractivity contribution in [1.29, 1.82) is 0 Å². The fourth-order valence-corrected chi connectivity index (χ4v) is 3.39. The van der Waals surface area contributed by atoms with E-state index in [-0.39, 0.29) is 12.5 Å². The molecule has 0 unspecified atom stereocenters. The minimum Gasteiger partial charge on any atom is -0.452 e. The maximum absolute atomic E-state index is 12.6. The largest absolute Gasteiger partial charge is 0.452 e. The Labute approximate surface area is 147 Å². The minimum atomic E-state index is -0.439. The van der Waals surface area contributed by atoms with Crippen molar-refractivity contribution >= 4 is 22.8 Å². The summed E-state index contributed by atoms with van der Waals surface area (Å²) in [5, 5.41) is 0.780. The molecule has 2 aliphatic rings. The first-order chi connectivity index (χ1) is 12.2. The summed E-state index contributed by atoms with van der Waals surface area (Å²) < 4.78 is 5.35. The quantitative estimate of drug-likeness (QED) is 0.803. The Morgan fingerprint density at radius 2 is 1.88 bits per heavy atom. The first-order valence-electron chi connectivity index (χ1n) is 9.07. The number of carbonyl (C=O) groups excluding carboxylic acids is 2. The number of fused-ring (bicyclic) bond motifs is 1. The van der Waals surface area contributed by atoms with Crippen LogP contribution >= 0.6 is 0 Å². The molecule has 4 rings (SSSR count). The molecule has 1 aromatic heterocycles. The van der Waals surface area contributed by atoms with Crippen molar-refractivity contribution in [3.05, 3.63) is 41.6 Å². The number of amides is 1. The van der Waals surface area contributed by atoms with Crippen molar-refractivity contribution < 1.29 is 14.3 Å². The van der Waals surface area contributed by atoms with Crippen LogP contribution in [0.2, 0.25) is 0 Å². The number of rotatable bonds is 4. The second kappa shape index (κ2) is 6.82. The molecule has 0 spiro atoms. The molecule has 1 saturated carbocycles. The van der Waals surface area contributed by atoms with Crippen molar-refractivity contribution in [2.45, 2.75) is 38.0 Å². The van der Waals surface area contributed by atoms with Crippen LogP contribution < -0.4 is 0 Å². The highest BCUT2D eigenvalue weighted by Crippen LogP contribution is 2.40. The summed E-state index contributed by atoms with van der Waals surface area (Å²) in [6.07, 6.45) is 5.45. The first-order valence-corrected chi connectivity index (χ1v) is 9.07. The fraction of sp³-hybridized carbons (Fsp3) is 0.450. The third kappa shape index (κ3) is 3.50. The summed E-state index contributed by atoms with van der Waals surface area (Å²) in [6, 6.07) is 9.43. The van der Waals surface area contributed by atoms with Crippen molar-refractivity contribution in [1.82, 2.24) is 9.88 Å². The van der Waals surface area contributed by atoms with E-state index in [1.54, 1.807) is 4.90 Å². The van der Waals surface area contributed by atoms with Crippen LogP contribution in [0.25, 0.3) is 10.9 Å². The van der Waals surface area contributed by atoms with Gasteiger partial charge in [0.05, 0.1) is 11.1 Å². The topological polar surface area (TPSA) is 59.5 Å². The van der Waals surface area contributed by atoms with Gasteiger partial charge >= 0.3 is 5.97 Å². The van der Waals surface area contributed by atoms with Crippen molar-refractivity contribution in [3.8, 4) is 0 Å². The number of hydrogen-bond acceptors (Lipinski definition) is 4. The van der Waals surface area contributed by atoms with Gasteiger partial charge in [0.25, 0.3) is 5.91 Å². The highest BCUT2D eigenvalue weighted by atomic mass is 16.5. The van der Waals surface area contributed by atoms with E-state index in [4.69, 9.17) is 4.74 Å². The van der Waals surface area contributed by atoms with Crippen LogP contribution in [-0.2, 0) is 9.53 Å². The normalized spacial score (nSPS) is 17.5. The molecule has 1 aliphatic carbocycles. The van der Waals surface area contributed by atoms with Gasteiger partial charge in [0.1, 0.15) is 0 Å². The number of para-hydroxylation sites is 1.